The maximum atomic E-state index is 10.5. The van der Waals surface area contributed by atoms with E-state index >= 15 is 0 Å². The first kappa shape index (κ1) is 88.8. The number of rotatable bonds is 65. The van der Waals surface area contributed by atoms with E-state index in [0.717, 1.165) is 5.75 Å². The van der Waals surface area contributed by atoms with Crippen molar-refractivity contribution in [2.24, 2.45) is 0 Å². The molecule has 25 heteroatoms. The molecule has 0 saturated carbocycles. The van der Waals surface area contributed by atoms with Gasteiger partial charge in [-0.05, 0) is 139 Å². The van der Waals surface area contributed by atoms with Crippen LogP contribution >= 0.6 is 0 Å². The first-order valence-electron chi connectivity index (χ1n) is 32.8. The van der Waals surface area contributed by atoms with Crippen LogP contribution in [-0.4, -0.2) is 320 Å². The summed E-state index contributed by atoms with van der Waals surface area (Å²) in [7, 11) is -0.341. The van der Waals surface area contributed by atoms with Crippen LogP contribution in [0.1, 0.15) is 124 Å². The molecular weight excluding hydrogens is 1200 g/mol. The lowest BCUT2D eigenvalue weighted by atomic mass is 10.2. The van der Waals surface area contributed by atoms with Crippen LogP contribution in [0.5, 0.6) is 0 Å². The SMILES string of the molecule is CC(COC(C)COC(C)COC(C)COC(C)COC(C)COC(C)COC(C)COC(C)COC(C)COC(C)COC(C)COC(C)COC(C)COC(C)COC(C)COC(C)C(O)C[S+](CCO)CCO)OCC(O)CC[S+](CCO)CCO. The minimum atomic E-state index is -0.680. The zero-order valence-corrected chi connectivity index (χ0v) is 59.8. The largest absolute Gasteiger partial charge is 0.391 e. The molecule has 0 aromatic heterocycles. The molecule has 89 heavy (non-hydrogen) atoms. The number of hydrogen-bond acceptors (Lipinski definition) is 23. The molecule has 0 fully saturated rings. The predicted molar refractivity (Wildman–Crippen MR) is 351 cm³/mol. The molecule has 0 aliphatic carbocycles. The third kappa shape index (κ3) is 53.6. The highest BCUT2D eigenvalue weighted by Gasteiger charge is 2.28. The fourth-order valence-electron chi connectivity index (χ4n) is 7.79. The Morgan fingerprint density at radius 2 is 0.393 bits per heavy atom. The van der Waals surface area contributed by atoms with Gasteiger partial charge in [0.25, 0.3) is 0 Å². The molecule has 0 aromatic rings. The van der Waals surface area contributed by atoms with Crippen molar-refractivity contribution in [3.05, 3.63) is 0 Å². The summed E-state index contributed by atoms with van der Waals surface area (Å²) in [6, 6.07) is 0. The lowest BCUT2D eigenvalue weighted by molar-refractivity contribution is -0.117. The van der Waals surface area contributed by atoms with E-state index in [1.165, 1.54) is 0 Å². The van der Waals surface area contributed by atoms with Crippen molar-refractivity contribution in [3.8, 4) is 0 Å². The quantitative estimate of drug-likeness (QED) is 0.0466. The normalized spacial score (nSPS) is 19.0. The van der Waals surface area contributed by atoms with E-state index in [0.29, 0.717) is 141 Å². The van der Waals surface area contributed by atoms with Crippen molar-refractivity contribution in [1.29, 1.82) is 0 Å². The Hall–Kier alpha value is -0.220. The molecular formula is C64H132O23S2+2. The van der Waals surface area contributed by atoms with Crippen LogP contribution in [-0.2, 0) is 102 Å². The summed E-state index contributed by atoms with van der Waals surface area (Å²) in [5, 5.41) is 57.8. The Balaban J connectivity index is 4.08. The van der Waals surface area contributed by atoms with Gasteiger partial charge in [-0.15, -0.1) is 0 Å². The van der Waals surface area contributed by atoms with Crippen molar-refractivity contribution in [3.63, 3.8) is 0 Å². The van der Waals surface area contributed by atoms with Gasteiger partial charge in [-0.1, -0.05) is 0 Å². The Morgan fingerprint density at radius 3 is 0.584 bits per heavy atom. The molecule has 0 radical (unpaired) electrons. The molecule has 0 aliphatic heterocycles. The van der Waals surface area contributed by atoms with Crippen LogP contribution in [0.25, 0.3) is 0 Å². The maximum absolute atomic E-state index is 10.5. The van der Waals surface area contributed by atoms with Gasteiger partial charge >= 0.3 is 0 Å². The molecule has 23 nitrogen and oxygen atoms in total. The van der Waals surface area contributed by atoms with Gasteiger partial charge < -0.3 is 111 Å². The van der Waals surface area contributed by atoms with E-state index in [-0.39, 0.29) is 152 Å². The fraction of sp³-hybridized carbons (Fsp3) is 1.00. The second kappa shape index (κ2) is 56.9. The molecule has 536 valence electrons. The van der Waals surface area contributed by atoms with Gasteiger partial charge in [0.05, 0.1) is 249 Å². The summed E-state index contributed by atoms with van der Waals surface area (Å²) in [5.41, 5.74) is 0. The van der Waals surface area contributed by atoms with Gasteiger partial charge in [0, 0.05) is 6.42 Å². The summed E-state index contributed by atoms with van der Waals surface area (Å²) in [6.45, 7) is 40.2. The molecule has 0 aliphatic rings. The second-order valence-corrected chi connectivity index (χ2v) is 29.0. The average molecular weight is 1330 g/mol. The molecule has 0 aromatic carbocycles. The molecule has 0 amide bonds. The van der Waals surface area contributed by atoms with E-state index in [4.69, 9.17) is 80.5 Å². The van der Waals surface area contributed by atoms with Crippen LogP contribution in [0.2, 0.25) is 0 Å². The molecule has 19 atom stereocenters. The average Bonchev–Trinajstić information content (AvgIpc) is 3.52. The maximum Gasteiger partial charge on any atom is 0.136 e. The van der Waals surface area contributed by atoms with Crippen LogP contribution in [0.3, 0.4) is 0 Å². The molecule has 0 rings (SSSR count). The molecule has 0 spiro atoms. The third-order valence-electron chi connectivity index (χ3n) is 13.6. The number of aliphatic hydroxyl groups excluding tert-OH is 6. The molecule has 0 saturated heterocycles. The lowest BCUT2D eigenvalue weighted by Crippen LogP contribution is -2.37. The highest BCUT2D eigenvalue weighted by Crippen LogP contribution is 2.12. The van der Waals surface area contributed by atoms with Crippen molar-refractivity contribution in [2.75, 3.05) is 173 Å². The molecule has 0 heterocycles. The van der Waals surface area contributed by atoms with Gasteiger partial charge in [-0.25, -0.2) is 0 Å². The Bertz CT molecular complexity index is 1530. The smallest absolute Gasteiger partial charge is 0.136 e. The third-order valence-corrected chi connectivity index (χ3v) is 18.3. The van der Waals surface area contributed by atoms with Crippen LogP contribution in [0.15, 0.2) is 0 Å². The summed E-state index contributed by atoms with van der Waals surface area (Å²) in [4.78, 5) is 0. The lowest BCUT2D eigenvalue weighted by Gasteiger charge is -2.24. The van der Waals surface area contributed by atoms with E-state index in [2.05, 4.69) is 0 Å². The monoisotopic (exact) mass is 1330 g/mol. The summed E-state index contributed by atoms with van der Waals surface area (Å²) >= 11 is 0. The predicted octanol–water partition coefficient (Wildman–Crippen LogP) is 4.19. The summed E-state index contributed by atoms with van der Waals surface area (Å²) in [5.74, 6) is 3.68. The van der Waals surface area contributed by atoms with Crippen LogP contribution < -0.4 is 0 Å². The van der Waals surface area contributed by atoms with Gasteiger partial charge in [0.2, 0.25) is 0 Å². The first-order chi connectivity index (χ1) is 42.3. The highest BCUT2D eigenvalue weighted by molar-refractivity contribution is 7.97. The van der Waals surface area contributed by atoms with Gasteiger partial charge in [-0.3, -0.25) is 0 Å². The van der Waals surface area contributed by atoms with E-state index in [1.807, 2.05) is 118 Å². The van der Waals surface area contributed by atoms with Crippen molar-refractivity contribution >= 4 is 21.8 Å². The minimum absolute atomic E-state index is 0.0367. The number of aliphatic hydroxyl groups is 6. The molecule has 0 bridgehead atoms. The van der Waals surface area contributed by atoms with E-state index in [9.17, 15) is 30.6 Å². The van der Waals surface area contributed by atoms with Crippen molar-refractivity contribution in [2.45, 2.75) is 240 Å². The topological polar surface area (TPSA) is 278 Å². The molecule has 19 unspecified atom stereocenters. The first-order valence-corrected chi connectivity index (χ1v) is 36.3. The van der Waals surface area contributed by atoms with E-state index in [1.54, 1.807) is 0 Å². The van der Waals surface area contributed by atoms with Gasteiger partial charge in [0.15, 0.2) is 0 Å². The van der Waals surface area contributed by atoms with E-state index < -0.39 is 18.3 Å². The van der Waals surface area contributed by atoms with Gasteiger partial charge in [-0.2, -0.15) is 0 Å². The van der Waals surface area contributed by atoms with Gasteiger partial charge in [0.1, 0.15) is 40.6 Å². The number of hydrogen-bond donors (Lipinski definition) is 6. The minimum Gasteiger partial charge on any atom is -0.391 e. The molecule has 6 N–H and O–H groups in total. The Kier molecular flexibility index (Phi) is 56.8. The standard InChI is InChI=1S/C64H132O23S2/c1-46(72-30-48(3)74-32-50(5)76-34-52(7)78-36-54(9)80-38-56(11)82-40-58(13)84-42-60(15)86-44-63(69)18-23-88(24-19-65)25-20-66)28-71-47(2)29-73-49(4)31-75-51(6)33-77-53(8)35-79-55(10)37-81-57(12)39-83-59(14)41-85-61(16)43-87-62(17)64(70)45-89(26-21-67)27-22-68/h46-70H,18-45H2,1-17H3/q+2. The van der Waals surface area contributed by atoms with Crippen LogP contribution in [0.4, 0.5) is 0 Å². The summed E-state index contributed by atoms with van der Waals surface area (Å²) < 4.78 is 101. The Morgan fingerprint density at radius 1 is 0.225 bits per heavy atom. The van der Waals surface area contributed by atoms with Crippen molar-refractivity contribution < 1.29 is 111 Å². The van der Waals surface area contributed by atoms with Crippen LogP contribution in [0, 0.1) is 0 Å². The fourth-order valence-corrected chi connectivity index (χ4v) is 11.3. The highest BCUT2D eigenvalue weighted by atomic mass is 32.2. The zero-order chi connectivity index (χ0) is 66.9. The summed E-state index contributed by atoms with van der Waals surface area (Å²) in [6.07, 6.45) is -3.37. The van der Waals surface area contributed by atoms with Crippen molar-refractivity contribution in [1.82, 2.24) is 0 Å². The number of ether oxygens (including phenoxy) is 17. The second-order valence-electron chi connectivity index (χ2n) is 24.2. The Labute approximate surface area is 544 Å². The zero-order valence-electron chi connectivity index (χ0n) is 58.2.